The highest BCUT2D eigenvalue weighted by atomic mass is 127. The molecule has 1 fully saturated rings. The van der Waals surface area contributed by atoms with Gasteiger partial charge in [0.2, 0.25) is 17.7 Å². The number of ketones is 1. The number of aryl methyl sites for hydroxylation is 1. The van der Waals surface area contributed by atoms with Crippen molar-refractivity contribution < 1.29 is 19.2 Å². The van der Waals surface area contributed by atoms with E-state index in [0.29, 0.717) is 40.1 Å². The Kier molecular flexibility index (Phi) is 9.15. The molecule has 3 aromatic heterocycles. The van der Waals surface area contributed by atoms with Crippen molar-refractivity contribution in [3.8, 4) is 11.1 Å². The van der Waals surface area contributed by atoms with Crippen molar-refractivity contribution in [2.75, 3.05) is 11.9 Å². The quantitative estimate of drug-likeness (QED) is 0.0903. The Morgan fingerprint density at radius 2 is 1.81 bits per heavy atom. The summed E-state index contributed by atoms with van der Waals surface area (Å²) >= 11 is 5.45. The first-order chi connectivity index (χ1) is 20.5. The molecule has 1 aliphatic rings. The molecule has 2 N–H and O–H groups in total. The first kappa shape index (κ1) is 30.7. The molecule has 4 aromatic rings. The van der Waals surface area contributed by atoms with Gasteiger partial charge in [0.25, 0.3) is 0 Å². The van der Waals surface area contributed by atoms with Crippen LogP contribution in [0.5, 0.6) is 0 Å². The van der Waals surface area contributed by atoms with E-state index in [4.69, 9.17) is 0 Å². The number of aromatic nitrogens is 5. The van der Waals surface area contributed by atoms with E-state index in [2.05, 4.69) is 69.2 Å². The first-order valence-corrected chi connectivity index (χ1v) is 15.5. The molecular formula is C29H28BrIN8O4. The molecule has 0 aliphatic carbocycles. The van der Waals surface area contributed by atoms with Gasteiger partial charge in [-0.2, -0.15) is 5.10 Å². The lowest BCUT2D eigenvalue weighted by molar-refractivity contribution is -0.137. The molecule has 4 heterocycles. The molecule has 0 unspecified atom stereocenters. The van der Waals surface area contributed by atoms with Crippen molar-refractivity contribution in [3.63, 3.8) is 0 Å². The molecule has 222 valence electrons. The van der Waals surface area contributed by atoms with Crippen LogP contribution in [-0.4, -0.2) is 69.8 Å². The van der Waals surface area contributed by atoms with Gasteiger partial charge < -0.3 is 15.5 Å². The summed E-state index contributed by atoms with van der Waals surface area (Å²) in [5, 5.41) is 10.7. The molecule has 0 spiro atoms. The number of carbonyl (C=O) groups excluding carboxylic acids is 4. The van der Waals surface area contributed by atoms with Crippen molar-refractivity contribution in [1.29, 1.82) is 0 Å². The molecular weight excluding hydrogens is 731 g/mol. The average molecular weight is 759 g/mol. The summed E-state index contributed by atoms with van der Waals surface area (Å²) in [5.74, 6) is -0.328. The van der Waals surface area contributed by atoms with Crippen LogP contribution in [-0.2, 0) is 20.9 Å². The van der Waals surface area contributed by atoms with Gasteiger partial charge in [-0.25, -0.2) is 15.0 Å². The number of amides is 3. The number of carbonyl (C=O) groups is 4. The fourth-order valence-corrected chi connectivity index (χ4v) is 6.68. The summed E-state index contributed by atoms with van der Waals surface area (Å²) in [6.45, 7) is 4.78. The zero-order valence-corrected chi connectivity index (χ0v) is 27.3. The lowest BCUT2D eigenvalue weighted by Gasteiger charge is -2.28. The number of alkyl halides is 1. The summed E-state index contributed by atoms with van der Waals surface area (Å²) in [6.07, 6.45) is 3.77. The summed E-state index contributed by atoms with van der Waals surface area (Å²) in [6, 6.07) is 9.86. The maximum Gasteiger partial charge on any atom is 0.248 e. The van der Waals surface area contributed by atoms with Gasteiger partial charge in [-0.3, -0.25) is 23.9 Å². The molecule has 3 amide bonds. The predicted molar refractivity (Wildman–Crippen MR) is 171 cm³/mol. The third-order valence-corrected chi connectivity index (χ3v) is 9.23. The van der Waals surface area contributed by atoms with Crippen molar-refractivity contribution >= 4 is 78.7 Å². The molecule has 12 nitrogen and oxygen atoms in total. The number of nitrogens with one attached hydrogen (secondary N) is 2. The fourth-order valence-electron chi connectivity index (χ4n) is 5.09. The Balaban J connectivity index is 1.45. The second kappa shape index (κ2) is 12.8. The standard InChI is InChI=1S/C29H28BrIN8O4/c1-15(40)27-21-9-18(20-12-32-16(2)33-13-20)7-8-22(21)38(37-27)14-26(42)39-23(10-19(28(39)31)11-34-17(3)41)29(43)36-25-6-4-5-24(30)35-25/h4-9,12-13,19,23,28H,10-11,14H2,1-3H3,(H,34,41)(H,35,36,43)/t19-,23+,28+/m1/s1. The molecule has 3 atom stereocenters. The maximum atomic E-state index is 13.9. The van der Waals surface area contributed by atoms with E-state index in [9.17, 15) is 19.2 Å². The van der Waals surface area contributed by atoms with Crippen LogP contribution in [0.1, 0.15) is 36.6 Å². The zero-order chi connectivity index (χ0) is 30.8. The van der Waals surface area contributed by atoms with Crippen molar-refractivity contribution in [2.45, 2.75) is 43.8 Å². The van der Waals surface area contributed by atoms with E-state index in [-0.39, 0.29) is 45.7 Å². The molecule has 5 rings (SSSR count). The lowest BCUT2D eigenvalue weighted by atomic mass is 10.0. The molecule has 1 aliphatic heterocycles. The number of pyridine rings is 1. The van der Waals surface area contributed by atoms with Gasteiger partial charge in [0.1, 0.15) is 34.5 Å². The largest absolute Gasteiger partial charge is 0.356 e. The van der Waals surface area contributed by atoms with Crippen LogP contribution < -0.4 is 10.6 Å². The van der Waals surface area contributed by atoms with E-state index < -0.39 is 6.04 Å². The normalized spacial score (nSPS) is 18.1. The van der Waals surface area contributed by atoms with Gasteiger partial charge >= 0.3 is 0 Å². The average Bonchev–Trinajstić information content (AvgIpc) is 3.49. The minimum atomic E-state index is -0.809. The van der Waals surface area contributed by atoms with Gasteiger partial charge in [0.15, 0.2) is 5.78 Å². The van der Waals surface area contributed by atoms with Crippen LogP contribution in [0.3, 0.4) is 0 Å². The topological polar surface area (TPSA) is 152 Å². The van der Waals surface area contributed by atoms with Crippen molar-refractivity contribution in [2.24, 2.45) is 5.92 Å². The smallest absolute Gasteiger partial charge is 0.248 e. The van der Waals surface area contributed by atoms with Crippen LogP contribution in [0.2, 0.25) is 0 Å². The number of nitrogens with zero attached hydrogens (tertiary/aromatic N) is 6. The second-order valence-corrected chi connectivity index (χ2v) is 12.4. The molecule has 1 saturated heterocycles. The third kappa shape index (κ3) is 6.74. The minimum Gasteiger partial charge on any atom is -0.356 e. The van der Waals surface area contributed by atoms with Crippen molar-refractivity contribution in [3.05, 3.63) is 64.9 Å². The van der Waals surface area contributed by atoms with Crippen LogP contribution in [0.4, 0.5) is 5.82 Å². The number of hydrogen-bond donors (Lipinski definition) is 2. The number of likely N-dealkylation sites (tertiary alicyclic amines) is 1. The number of rotatable bonds is 8. The highest BCUT2D eigenvalue weighted by molar-refractivity contribution is 14.1. The van der Waals surface area contributed by atoms with E-state index in [0.717, 1.165) is 11.1 Å². The summed E-state index contributed by atoms with van der Waals surface area (Å²) in [7, 11) is 0. The zero-order valence-electron chi connectivity index (χ0n) is 23.5. The Labute approximate surface area is 269 Å². The highest BCUT2D eigenvalue weighted by Gasteiger charge is 2.46. The second-order valence-electron chi connectivity index (χ2n) is 10.3. The van der Waals surface area contributed by atoms with E-state index in [1.165, 1.54) is 18.5 Å². The molecule has 43 heavy (non-hydrogen) atoms. The number of fused-ring (bicyclic) bond motifs is 1. The van der Waals surface area contributed by atoms with Gasteiger partial charge in [-0.1, -0.05) is 34.7 Å². The third-order valence-electron chi connectivity index (χ3n) is 7.17. The monoisotopic (exact) mass is 758 g/mol. The first-order valence-electron chi connectivity index (χ1n) is 13.5. The molecule has 0 radical (unpaired) electrons. The summed E-state index contributed by atoms with van der Waals surface area (Å²) in [5.41, 5.74) is 2.44. The molecule has 0 bridgehead atoms. The minimum absolute atomic E-state index is 0.166. The Morgan fingerprint density at radius 3 is 2.49 bits per heavy atom. The number of anilines is 1. The van der Waals surface area contributed by atoms with Gasteiger partial charge in [-0.15, -0.1) is 0 Å². The molecule has 0 saturated carbocycles. The number of benzene rings is 1. The summed E-state index contributed by atoms with van der Waals surface area (Å²) in [4.78, 5) is 66.0. The number of hydrogen-bond acceptors (Lipinski definition) is 8. The predicted octanol–water partition coefficient (Wildman–Crippen LogP) is 3.91. The van der Waals surface area contributed by atoms with E-state index in [1.54, 1.807) is 42.4 Å². The van der Waals surface area contributed by atoms with Crippen LogP contribution in [0.25, 0.3) is 22.0 Å². The summed E-state index contributed by atoms with van der Waals surface area (Å²) < 4.78 is 1.68. The van der Waals surface area contributed by atoms with E-state index in [1.807, 2.05) is 18.2 Å². The number of Topliss-reactive ketones (excluding diaryl/α,β-unsaturated/α-hetero) is 1. The van der Waals surface area contributed by atoms with Gasteiger partial charge in [0, 0.05) is 49.7 Å². The van der Waals surface area contributed by atoms with E-state index >= 15 is 0 Å². The molecule has 1 aromatic carbocycles. The lowest BCUT2D eigenvalue weighted by Crippen LogP contribution is -2.47. The molecule has 14 heteroatoms. The van der Waals surface area contributed by atoms with Gasteiger partial charge in [-0.05, 0) is 59.1 Å². The van der Waals surface area contributed by atoms with Gasteiger partial charge in [0.05, 0.1) is 9.57 Å². The Morgan fingerprint density at radius 1 is 1.07 bits per heavy atom. The van der Waals surface area contributed by atoms with Crippen molar-refractivity contribution in [1.82, 2.24) is 34.9 Å². The Hall–Kier alpha value is -3.79. The number of halogens is 2. The Bertz CT molecular complexity index is 1730. The van der Waals surface area contributed by atoms with Crippen LogP contribution >= 0.6 is 38.5 Å². The van der Waals surface area contributed by atoms with Crippen LogP contribution in [0.15, 0.2) is 53.4 Å². The fraction of sp³-hybridized carbons (Fsp3) is 0.310. The maximum absolute atomic E-state index is 13.9. The SMILES string of the molecule is CC(=O)NC[C@H]1C[C@@H](C(=O)Nc2cccc(Br)n2)N(C(=O)Cn2nc(C(C)=O)c3cc(-c4cnc(C)nc4)ccc32)[C@@H]1I. The highest BCUT2D eigenvalue weighted by Crippen LogP contribution is 2.35. The van der Waals surface area contributed by atoms with Crippen LogP contribution in [0, 0.1) is 12.8 Å².